The summed E-state index contributed by atoms with van der Waals surface area (Å²) in [6.45, 7) is 0. The topological polar surface area (TPSA) is 0 Å². The highest BCUT2D eigenvalue weighted by Crippen LogP contribution is 2.27. The standard InChI is InChI=1S/C14H9BrF2/c15-13-8-11(10-4-2-1-3-5-10)6-7-12(13)9-14(16)17/h1-9H. The van der Waals surface area contributed by atoms with Crippen LogP contribution in [0.5, 0.6) is 0 Å². The van der Waals surface area contributed by atoms with Crippen molar-refractivity contribution in [1.82, 2.24) is 0 Å². The minimum absolute atomic E-state index is 0.477. The SMILES string of the molecule is FC(F)=Cc1ccc(-c2ccccc2)cc1Br. The molecule has 0 fully saturated rings. The van der Waals surface area contributed by atoms with Gasteiger partial charge in [-0.1, -0.05) is 58.4 Å². The van der Waals surface area contributed by atoms with Crippen LogP contribution >= 0.6 is 15.9 Å². The number of halogens is 3. The van der Waals surface area contributed by atoms with Crippen molar-refractivity contribution in [1.29, 1.82) is 0 Å². The van der Waals surface area contributed by atoms with E-state index >= 15 is 0 Å². The summed E-state index contributed by atoms with van der Waals surface area (Å²) in [6, 6.07) is 15.1. The summed E-state index contributed by atoms with van der Waals surface area (Å²) in [5.41, 5.74) is 2.53. The monoisotopic (exact) mass is 294 g/mol. The molecule has 0 aliphatic carbocycles. The van der Waals surface area contributed by atoms with Crippen molar-refractivity contribution < 1.29 is 8.78 Å². The normalized spacial score (nSPS) is 10.1. The zero-order valence-corrected chi connectivity index (χ0v) is 10.4. The summed E-state index contributed by atoms with van der Waals surface area (Å²) in [6.07, 6.45) is -0.850. The summed E-state index contributed by atoms with van der Waals surface area (Å²) in [5.74, 6) is 0. The lowest BCUT2D eigenvalue weighted by Crippen LogP contribution is -1.81. The molecule has 0 spiro atoms. The van der Waals surface area contributed by atoms with Crippen LogP contribution in [0.3, 0.4) is 0 Å². The van der Waals surface area contributed by atoms with Crippen LogP contribution in [0.25, 0.3) is 17.2 Å². The lowest BCUT2D eigenvalue weighted by atomic mass is 10.0. The molecule has 0 aliphatic heterocycles. The van der Waals surface area contributed by atoms with Crippen molar-refractivity contribution >= 4 is 22.0 Å². The van der Waals surface area contributed by atoms with Gasteiger partial charge in [-0.15, -0.1) is 0 Å². The van der Waals surface area contributed by atoms with Crippen LogP contribution in [-0.2, 0) is 0 Å². The molecule has 3 heteroatoms. The number of hydrogen-bond acceptors (Lipinski definition) is 0. The molecule has 0 aliphatic rings. The average Bonchev–Trinajstić information content (AvgIpc) is 2.32. The minimum Gasteiger partial charge on any atom is -0.173 e. The van der Waals surface area contributed by atoms with Crippen LogP contribution in [0.15, 0.2) is 59.1 Å². The predicted octanol–water partition coefficient (Wildman–Crippen LogP) is 5.35. The molecule has 0 radical (unpaired) electrons. The van der Waals surface area contributed by atoms with E-state index in [1.54, 1.807) is 6.07 Å². The van der Waals surface area contributed by atoms with Crippen molar-refractivity contribution in [3.05, 3.63) is 64.6 Å². The first-order chi connectivity index (χ1) is 8.16. The van der Waals surface area contributed by atoms with Gasteiger partial charge >= 0.3 is 0 Å². The lowest BCUT2D eigenvalue weighted by Gasteiger charge is -2.04. The molecule has 2 aromatic carbocycles. The molecule has 0 bridgehead atoms. The van der Waals surface area contributed by atoms with Crippen LogP contribution in [-0.4, -0.2) is 0 Å². The molecular weight excluding hydrogens is 286 g/mol. The molecule has 0 nitrogen and oxygen atoms in total. The number of hydrogen-bond donors (Lipinski definition) is 0. The molecule has 0 N–H and O–H groups in total. The summed E-state index contributed by atoms with van der Waals surface area (Å²) in [7, 11) is 0. The van der Waals surface area contributed by atoms with Gasteiger partial charge < -0.3 is 0 Å². The quantitative estimate of drug-likeness (QED) is 0.700. The minimum atomic E-state index is -1.70. The predicted molar refractivity (Wildman–Crippen MR) is 69.8 cm³/mol. The van der Waals surface area contributed by atoms with Crippen molar-refractivity contribution in [2.45, 2.75) is 0 Å². The molecule has 0 saturated carbocycles. The second kappa shape index (κ2) is 5.23. The second-order valence-corrected chi connectivity index (χ2v) is 4.39. The summed E-state index contributed by atoms with van der Waals surface area (Å²) < 4.78 is 25.0. The molecular formula is C14H9BrF2. The highest BCUT2D eigenvalue weighted by atomic mass is 79.9. The number of benzene rings is 2. The Kier molecular flexibility index (Phi) is 3.69. The smallest absolute Gasteiger partial charge is 0.173 e. The molecule has 0 unspecified atom stereocenters. The van der Waals surface area contributed by atoms with E-state index in [1.165, 1.54) is 0 Å². The first kappa shape index (κ1) is 12.0. The second-order valence-electron chi connectivity index (χ2n) is 3.54. The fourth-order valence-electron chi connectivity index (χ4n) is 1.57. The van der Waals surface area contributed by atoms with Crippen molar-refractivity contribution in [2.75, 3.05) is 0 Å². The van der Waals surface area contributed by atoms with Gasteiger partial charge in [0.2, 0.25) is 0 Å². The lowest BCUT2D eigenvalue weighted by molar-refractivity contribution is 0.429. The Morgan fingerprint density at radius 1 is 0.941 bits per heavy atom. The Labute approximate surface area is 107 Å². The Morgan fingerprint density at radius 3 is 2.24 bits per heavy atom. The van der Waals surface area contributed by atoms with Gasteiger partial charge in [0.05, 0.1) is 0 Å². The molecule has 86 valence electrons. The van der Waals surface area contributed by atoms with Gasteiger partial charge in [-0.2, -0.15) is 8.78 Å². The first-order valence-corrected chi connectivity index (χ1v) is 5.84. The van der Waals surface area contributed by atoms with Crippen molar-refractivity contribution in [3.8, 4) is 11.1 Å². The number of rotatable bonds is 2. The molecule has 0 aromatic heterocycles. The first-order valence-electron chi connectivity index (χ1n) is 5.04. The Morgan fingerprint density at radius 2 is 1.65 bits per heavy atom. The largest absolute Gasteiger partial charge is 0.270 e. The highest BCUT2D eigenvalue weighted by molar-refractivity contribution is 9.10. The zero-order chi connectivity index (χ0) is 12.3. The molecule has 2 aromatic rings. The maximum atomic E-state index is 12.2. The van der Waals surface area contributed by atoms with E-state index in [0.717, 1.165) is 17.2 Å². The van der Waals surface area contributed by atoms with Crippen LogP contribution in [0.1, 0.15) is 5.56 Å². The van der Waals surface area contributed by atoms with Gasteiger partial charge in [0, 0.05) is 10.5 Å². The average molecular weight is 295 g/mol. The molecule has 17 heavy (non-hydrogen) atoms. The van der Waals surface area contributed by atoms with Gasteiger partial charge in [0.25, 0.3) is 6.08 Å². The van der Waals surface area contributed by atoms with Gasteiger partial charge in [-0.05, 0) is 22.8 Å². The van der Waals surface area contributed by atoms with Gasteiger partial charge in [-0.3, -0.25) is 0 Å². The van der Waals surface area contributed by atoms with Gasteiger partial charge in [0.1, 0.15) is 0 Å². The summed E-state index contributed by atoms with van der Waals surface area (Å²) in [4.78, 5) is 0. The Hall–Kier alpha value is -1.48. The molecule has 0 heterocycles. The van der Waals surface area contributed by atoms with Crippen LogP contribution in [0, 0.1) is 0 Å². The third-order valence-corrected chi connectivity index (χ3v) is 3.06. The zero-order valence-electron chi connectivity index (χ0n) is 8.83. The third-order valence-electron chi connectivity index (χ3n) is 2.37. The highest BCUT2D eigenvalue weighted by Gasteiger charge is 2.02. The molecule has 0 amide bonds. The van der Waals surface area contributed by atoms with Gasteiger partial charge in [0.15, 0.2) is 0 Å². The van der Waals surface area contributed by atoms with Gasteiger partial charge in [-0.25, -0.2) is 0 Å². The Bertz CT molecular complexity index is 543. The molecule has 2 rings (SSSR count). The van der Waals surface area contributed by atoms with Crippen LogP contribution in [0.2, 0.25) is 0 Å². The molecule has 0 atom stereocenters. The van der Waals surface area contributed by atoms with E-state index in [2.05, 4.69) is 15.9 Å². The van der Waals surface area contributed by atoms with E-state index in [9.17, 15) is 8.78 Å². The van der Waals surface area contributed by atoms with Crippen molar-refractivity contribution in [2.24, 2.45) is 0 Å². The fourth-order valence-corrected chi connectivity index (χ4v) is 2.07. The third kappa shape index (κ3) is 3.01. The van der Waals surface area contributed by atoms with Crippen LogP contribution < -0.4 is 0 Å². The van der Waals surface area contributed by atoms with E-state index in [1.807, 2.05) is 42.5 Å². The summed E-state index contributed by atoms with van der Waals surface area (Å²) >= 11 is 3.29. The van der Waals surface area contributed by atoms with E-state index < -0.39 is 6.08 Å². The Balaban J connectivity index is 2.41. The van der Waals surface area contributed by atoms with E-state index in [-0.39, 0.29) is 0 Å². The maximum Gasteiger partial charge on any atom is 0.270 e. The van der Waals surface area contributed by atoms with E-state index in [0.29, 0.717) is 10.0 Å². The van der Waals surface area contributed by atoms with Crippen molar-refractivity contribution in [3.63, 3.8) is 0 Å². The molecule has 0 saturated heterocycles. The summed E-state index contributed by atoms with van der Waals surface area (Å²) in [5, 5.41) is 0. The van der Waals surface area contributed by atoms with E-state index in [4.69, 9.17) is 0 Å². The van der Waals surface area contributed by atoms with Crippen LogP contribution in [0.4, 0.5) is 8.78 Å². The fraction of sp³-hybridized carbons (Fsp3) is 0. The maximum absolute atomic E-state index is 12.2.